The average Bonchev–Trinajstić information content (AvgIpc) is 2.94. The number of nitrogens with zero attached hydrogens (tertiary/aromatic N) is 1. The van der Waals surface area contributed by atoms with E-state index in [1.54, 1.807) is 0 Å². The van der Waals surface area contributed by atoms with Crippen molar-refractivity contribution in [3.8, 4) is 0 Å². The lowest BCUT2D eigenvalue weighted by Gasteiger charge is -2.31. The summed E-state index contributed by atoms with van der Waals surface area (Å²) in [4.78, 5) is 14.3. The molecule has 1 aromatic carbocycles. The normalized spacial score (nSPS) is 16.9. The highest BCUT2D eigenvalue weighted by molar-refractivity contribution is 5.75. The van der Waals surface area contributed by atoms with E-state index in [1.165, 1.54) is 18.4 Å². The Morgan fingerprint density at radius 2 is 1.86 bits per heavy atom. The molecule has 1 aliphatic carbocycles. The lowest BCUT2D eigenvalue weighted by atomic mass is 9.88. The molecule has 0 unspecified atom stereocenters. The first-order valence-electron chi connectivity index (χ1n) is 7.89. The highest BCUT2D eigenvalue weighted by Crippen LogP contribution is 2.38. The molecular weight excluding hydrogens is 262 g/mol. The summed E-state index contributed by atoms with van der Waals surface area (Å²) in [6, 6.07) is 10.3. The molecule has 0 saturated heterocycles. The molecule has 2 N–H and O–H groups in total. The molecule has 2 rings (SSSR count). The minimum Gasteiger partial charge on any atom is -0.338 e. The minimum absolute atomic E-state index is 0.0421. The molecule has 4 nitrogen and oxygen atoms in total. The Kier molecular flexibility index (Phi) is 5.62. The summed E-state index contributed by atoms with van der Waals surface area (Å²) in [7, 11) is 4.09. The van der Waals surface area contributed by atoms with Crippen molar-refractivity contribution in [2.75, 3.05) is 27.2 Å². The monoisotopic (exact) mass is 289 g/mol. The van der Waals surface area contributed by atoms with Gasteiger partial charge in [-0.3, -0.25) is 0 Å². The van der Waals surface area contributed by atoms with Crippen LogP contribution in [0.4, 0.5) is 4.79 Å². The Bertz CT molecular complexity index is 439. The summed E-state index contributed by atoms with van der Waals surface area (Å²) in [5.74, 6) is 0. The van der Waals surface area contributed by atoms with E-state index in [-0.39, 0.29) is 11.6 Å². The van der Waals surface area contributed by atoms with Crippen LogP contribution in [0, 0.1) is 0 Å². The molecule has 4 heteroatoms. The summed E-state index contributed by atoms with van der Waals surface area (Å²) >= 11 is 0. The number of carbonyl (C=O) groups is 1. The molecular formula is C17H27N3O. The number of hydrogen-bond donors (Lipinski definition) is 2. The zero-order valence-electron chi connectivity index (χ0n) is 13.2. The first-order chi connectivity index (χ1) is 10.1. The highest BCUT2D eigenvalue weighted by Gasteiger charge is 2.36. The van der Waals surface area contributed by atoms with E-state index < -0.39 is 0 Å². The van der Waals surface area contributed by atoms with Crippen LogP contribution in [0.15, 0.2) is 30.3 Å². The largest absolute Gasteiger partial charge is 0.338 e. The fourth-order valence-electron chi connectivity index (χ4n) is 3.08. The number of carbonyl (C=O) groups excluding carboxylic acids is 1. The maximum absolute atomic E-state index is 12.2. The van der Waals surface area contributed by atoms with Crippen LogP contribution in [0.2, 0.25) is 0 Å². The van der Waals surface area contributed by atoms with Gasteiger partial charge < -0.3 is 15.5 Å². The standard InChI is InChI=1S/C17H27N3O/c1-20(2)14-8-13-18-16(21)19-17(11-6-7-12-17)15-9-4-3-5-10-15/h3-5,9-10H,6-8,11-14H2,1-2H3,(H2,18,19,21). The molecule has 0 atom stereocenters. The Balaban J connectivity index is 1.90. The van der Waals surface area contributed by atoms with E-state index in [9.17, 15) is 4.79 Å². The van der Waals surface area contributed by atoms with Crippen molar-refractivity contribution in [2.45, 2.75) is 37.6 Å². The fourth-order valence-corrected chi connectivity index (χ4v) is 3.08. The van der Waals surface area contributed by atoms with Crippen LogP contribution in [0.1, 0.15) is 37.7 Å². The van der Waals surface area contributed by atoms with E-state index in [2.05, 4.69) is 27.7 Å². The van der Waals surface area contributed by atoms with Gasteiger partial charge >= 0.3 is 6.03 Å². The van der Waals surface area contributed by atoms with Crippen LogP contribution in [0.5, 0.6) is 0 Å². The number of rotatable bonds is 6. The molecule has 0 bridgehead atoms. The van der Waals surface area contributed by atoms with Gasteiger partial charge in [0.15, 0.2) is 0 Å². The van der Waals surface area contributed by atoms with Crippen molar-refractivity contribution in [2.24, 2.45) is 0 Å². The maximum atomic E-state index is 12.2. The number of nitrogens with one attached hydrogen (secondary N) is 2. The third-order valence-corrected chi connectivity index (χ3v) is 4.20. The second kappa shape index (κ2) is 7.46. The number of urea groups is 1. The molecule has 116 valence electrons. The molecule has 1 saturated carbocycles. The Morgan fingerprint density at radius 3 is 2.48 bits per heavy atom. The molecule has 2 amide bonds. The topological polar surface area (TPSA) is 44.4 Å². The van der Waals surface area contributed by atoms with Crippen molar-refractivity contribution in [1.29, 1.82) is 0 Å². The van der Waals surface area contributed by atoms with Crippen molar-refractivity contribution < 1.29 is 4.79 Å². The second-order valence-corrected chi connectivity index (χ2v) is 6.19. The SMILES string of the molecule is CN(C)CCCNC(=O)NC1(c2ccccc2)CCCC1. The Labute approximate surface area is 127 Å². The van der Waals surface area contributed by atoms with Crippen LogP contribution < -0.4 is 10.6 Å². The van der Waals surface area contributed by atoms with E-state index >= 15 is 0 Å². The van der Waals surface area contributed by atoms with Crippen molar-refractivity contribution in [1.82, 2.24) is 15.5 Å². The van der Waals surface area contributed by atoms with Gasteiger partial charge in [-0.15, -0.1) is 0 Å². The van der Waals surface area contributed by atoms with Crippen LogP contribution in [-0.4, -0.2) is 38.1 Å². The number of benzene rings is 1. The minimum atomic E-state index is -0.174. The van der Waals surface area contributed by atoms with Gasteiger partial charge in [0.2, 0.25) is 0 Å². The molecule has 0 radical (unpaired) electrons. The van der Waals surface area contributed by atoms with Gasteiger partial charge in [0.25, 0.3) is 0 Å². The van der Waals surface area contributed by atoms with E-state index in [1.807, 2.05) is 32.3 Å². The first kappa shape index (κ1) is 15.8. The zero-order valence-corrected chi connectivity index (χ0v) is 13.2. The predicted molar refractivity (Wildman–Crippen MR) is 86.3 cm³/mol. The van der Waals surface area contributed by atoms with Gasteiger partial charge in [0.05, 0.1) is 5.54 Å². The summed E-state index contributed by atoms with van der Waals surface area (Å²) < 4.78 is 0. The molecule has 0 aliphatic heterocycles. The van der Waals surface area contributed by atoms with Crippen molar-refractivity contribution in [3.05, 3.63) is 35.9 Å². The van der Waals surface area contributed by atoms with Crippen molar-refractivity contribution in [3.63, 3.8) is 0 Å². The van der Waals surface area contributed by atoms with E-state index in [0.29, 0.717) is 0 Å². The van der Waals surface area contributed by atoms with Gasteiger partial charge in [-0.05, 0) is 45.5 Å². The van der Waals surface area contributed by atoms with Crippen LogP contribution in [0.3, 0.4) is 0 Å². The summed E-state index contributed by atoms with van der Waals surface area (Å²) in [5, 5.41) is 6.22. The quantitative estimate of drug-likeness (QED) is 0.791. The van der Waals surface area contributed by atoms with Gasteiger partial charge in [0.1, 0.15) is 0 Å². The molecule has 21 heavy (non-hydrogen) atoms. The third kappa shape index (κ3) is 4.46. The third-order valence-electron chi connectivity index (χ3n) is 4.20. The molecule has 1 aromatic rings. The van der Waals surface area contributed by atoms with Gasteiger partial charge in [-0.25, -0.2) is 4.79 Å². The summed E-state index contributed by atoms with van der Waals surface area (Å²) in [6.45, 7) is 1.71. The van der Waals surface area contributed by atoms with Crippen LogP contribution in [0.25, 0.3) is 0 Å². The summed E-state index contributed by atoms with van der Waals surface area (Å²) in [6.07, 6.45) is 5.38. The van der Waals surface area contributed by atoms with E-state index in [0.717, 1.165) is 32.4 Å². The highest BCUT2D eigenvalue weighted by atomic mass is 16.2. The smallest absolute Gasteiger partial charge is 0.315 e. The fraction of sp³-hybridized carbons (Fsp3) is 0.588. The van der Waals surface area contributed by atoms with Crippen molar-refractivity contribution >= 4 is 6.03 Å². The lowest BCUT2D eigenvalue weighted by molar-refractivity contribution is 0.224. The molecule has 0 aromatic heterocycles. The van der Waals surface area contributed by atoms with Gasteiger partial charge in [-0.1, -0.05) is 43.2 Å². The van der Waals surface area contributed by atoms with E-state index in [4.69, 9.17) is 0 Å². The Hall–Kier alpha value is -1.55. The molecule has 0 spiro atoms. The lowest BCUT2D eigenvalue weighted by Crippen LogP contribution is -2.48. The van der Waals surface area contributed by atoms with Gasteiger partial charge in [-0.2, -0.15) is 0 Å². The van der Waals surface area contributed by atoms with Crippen LogP contribution in [-0.2, 0) is 5.54 Å². The second-order valence-electron chi connectivity index (χ2n) is 6.19. The zero-order chi connectivity index (χ0) is 15.1. The average molecular weight is 289 g/mol. The predicted octanol–water partition coefficient (Wildman–Crippen LogP) is 2.71. The van der Waals surface area contributed by atoms with Crippen LogP contribution >= 0.6 is 0 Å². The number of hydrogen-bond acceptors (Lipinski definition) is 2. The molecule has 1 fully saturated rings. The van der Waals surface area contributed by atoms with Gasteiger partial charge in [0, 0.05) is 6.54 Å². The molecule has 1 aliphatic rings. The molecule has 0 heterocycles. The Morgan fingerprint density at radius 1 is 1.19 bits per heavy atom. The first-order valence-corrected chi connectivity index (χ1v) is 7.89. The number of amides is 2. The summed E-state index contributed by atoms with van der Waals surface area (Å²) in [5.41, 5.74) is 1.05. The maximum Gasteiger partial charge on any atom is 0.315 e.